The van der Waals surface area contributed by atoms with Crippen LogP contribution in [-0.2, 0) is 14.6 Å². The Morgan fingerprint density at radius 2 is 2.22 bits per heavy atom. The Hall–Kier alpha value is -0.850. The molecule has 18 heavy (non-hydrogen) atoms. The largest absolute Gasteiger partial charge is 0.380 e. The Morgan fingerprint density at radius 3 is 2.89 bits per heavy atom. The topological polar surface area (TPSA) is 68.3 Å². The van der Waals surface area contributed by atoms with Gasteiger partial charge >= 0.3 is 0 Å². The van der Waals surface area contributed by atoms with Gasteiger partial charge in [0.25, 0.3) is 0 Å². The van der Waals surface area contributed by atoms with Gasteiger partial charge in [0.2, 0.25) is 0 Å². The van der Waals surface area contributed by atoms with E-state index in [1.54, 1.807) is 12.3 Å². The minimum Gasteiger partial charge on any atom is -0.380 e. The van der Waals surface area contributed by atoms with Gasteiger partial charge in [-0.25, -0.2) is 13.4 Å². The van der Waals surface area contributed by atoms with Crippen molar-refractivity contribution >= 4 is 27.3 Å². The molecule has 0 atom stereocenters. The highest BCUT2D eigenvalue weighted by Gasteiger charge is 2.12. The average Bonchev–Trinajstić information content (AvgIpc) is 2.33. The molecular weight excluding hydrogens is 276 g/mol. The monoisotopic (exact) mass is 292 g/mol. The van der Waals surface area contributed by atoms with Crippen molar-refractivity contribution in [1.82, 2.24) is 4.98 Å². The number of pyridine rings is 1. The van der Waals surface area contributed by atoms with Crippen molar-refractivity contribution in [2.24, 2.45) is 0 Å². The van der Waals surface area contributed by atoms with Crippen LogP contribution in [0.1, 0.15) is 6.42 Å². The summed E-state index contributed by atoms with van der Waals surface area (Å²) in [4.78, 5) is 4.24. The molecule has 102 valence electrons. The van der Waals surface area contributed by atoms with E-state index in [2.05, 4.69) is 10.3 Å². The normalized spacial score (nSPS) is 11.4. The van der Waals surface area contributed by atoms with E-state index in [1.807, 2.05) is 0 Å². The van der Waals surface area contributed by atoms with Crippen LogP contribution in [0, 0.1) is 0 Å². The van der Waals surface area contributed by atoms with Crippen LogP contribution in [0.3, 0.4) is 0 Å². The van der Waals surface area contributed by atoms with Crippen LogP contribution >= 0.6 is 11.6 Å². The van der Waals surface area contributed by atoms with Crippen LogP contribution in [0.4, 0.5) is 5.82 Å². The average molecular weight is 293 g/mol. The molecule has 0 aliphatic heterocycles. The van der Waals surface area contributed by atoms with E-state index in [9.17, 15) is 8.42 Å². The molecule has 1 N–H and O–H groups in total. The lowest BCUT2D eigenvalue weighted by molar-refractivity contribution is 0.149. The second-order valence-electron chi connectivity index (χ2n) is 3.70. The maximum Gasteiger partial charge on any atom is 0.179 e. The molecule has 1 aromatic rings. The number of halogens is 1. The third-order valence-corrected chi connectivity index (χ3v) is 3.43. The molecular formula is C11H17ClN2O3S. The van der Waals surface area contributed by atoms with E-state index in [4.69, 9.17) is 16.3 Å². The molecule has 1 aromatic heterocycles. The quantitative estimate of drug-likeness (QED) is 0.581. The number of nitrogens with zero attached hydrogens (tertiary/aromatic N) is 1. The highest BCUT2D eigenvalue weighted by atomic mass is 35.5. The van der Waals surface area contributed by atoms with Crippen molar-refractivity contribution in [1.29, 1.82) is 0 Å². The molecule has 5 nitrogen and oxygen atoms in total. The van der Waals surface area contributed by atoms with E-state index < -0.39 is 9.84 Å². The standard InChI is InChI=1S/C11H17ClN2O3S/c1-18(15,16)10-4-2-6-13-11(10)14-7-3-8-17-9-5-12/h2,4,6H,3,5,7-9H2,1H3,(H,13,14). The number of aromatic nitrogens is 1. The fourth-order valence-corrected chi connectivity index (χ4v) is 2.27. The van der Waals surface area contributed by atoms with Crippen LogP contribution in [0.5, 0.6) is 0 Å². The van der Waals surface area contributed by atoms with Gasteiger partial charge in [0.1, 0.15) is 10.7 Å². The van der Waals surface area contributed by atoms with E-state index in [1.165, 1.54) is 12.3 Å². The molecule has 1 heterocycles. The summed E-state index contributed by atoms with van der Waals surface area (Å²) in [7, 11) is -3.26. The van der Waals surface area contributed by atoms with E-state index in [-0.39, 0.29) is 4.90 Å². The van der Waals surface area contributed by atoms with Gasteiger partial charge < -0.3 is 10.1 Å². The second kappa shape index (κ2) is 7.56. The van der Waals surface area contributed by atoms with Crippen molar-refractivity contribution in [2.45, 2.75) is 11.3 Å². The van der Waals surface area contributed by atoms with Gasteiger partial charge in [-0.05, 0) is 18.6 Å². The predicted molar refractivity (Wildman–Crippen MR) is 72.0 cm³/mol. The maximum absolute atomic E-state index is 11.5. The van der Waals surface area contributed by atoms with Gasteiger partial charge in [0.05, 0.1) is 6.61 Å². The SMILES string of the molecule is CS(=O)(=O)c1cccnc1NCCCOCCCl. The summed E-state index contributed by atoms with van der Waals surface area (Å²) in [6, 6.07) is 3.14. The van der Waals surface area contributed by atoms with Crippen molar-refractivity contribution in [3.05, 3.63) is 18.3 Å². The number of sulfone groups is 1. The molecule has 0 bridgehead atoms. The zero-order valence-corrected chi connectivity index (χ0v) is 11.8. The zero-order chi connectivity index (χ0) is 13.4. The third-order valence-electron chi connectivity index (χ3n) is 2.15. The number of ether oxygens (including phenoxy) is 1. The first-order valence-corrected chi connectivity index (χ1v) is 8.01. The van der Waals surface area contributed by atoms with E-state index in [0.29, 0.717) is 31.5 Å². The number of alkyl halides is 1. The van der Waals surface area contributed by atoms with E-state index in [0.717, 1.165) is 6.42 Å². The van der Waals surface area contributed by atoms with Gasteiger partial charge in [0.15, 0.2) is 9.84 Å². The van der Waals surface area contributed by atoms with Gasteiger partial charge in [-0.15, -0.1) is 11.6 Å². The van der Waals surface area contributed by atoms with Gasteiger partial charge in [-0.1, -0.05) is 0 Å². The Morgan fingerprint density at radius 1 is 1.44 bits per heavy atom. The first kappa shape index (κ1) is 15.2. The molecule has 0 aromatic carbocycles. The molecule has 0 saturated carbocycles. The summed E-state index contributed by atoms with van der Waals surface area (Å²) in [6.07, 6.45) is 3.48. The first-order chi connectivity index (χ1) is 8.55. The lowest BCUT2D eigenvalue weighted by atomic mass is 10.4. The summed E-state index contributed by atoms with van der Waals surface area (Å²) in [6.45, 7) is 1.71. The number of hydrogen-bond donors (Lipinski definition) is 1. The molecule has 0 radical (unpaired) electrons. The van der Waals surface area contributed by atoms with Gasteiger partial charge in [0, 0.05) is 31.5 Å². The Bertz CT molecular complexity index is 465. The number of rotatable bonds is 8. The van der Waals surface area contributed by atoms with Crippen LogP contribution in [-0.4, -0.2) is 45.3 Å². The minimum atomic E-state index is -3.26. The van der Waals surface area contributed by atoms with Crippen LogP contribution < -0.4 is 5.32 Å². The van der Waals surface area contributed by atoms with Crippen molar-refractivity contribution < 1.29 is 13.2 Å². The molecule has 0 aliphatic carbocycles. The first-order valence-electron chi connectivity index (χ1n) is 5.58. The molecule has 0 spiro atoms. The summed E-state index contributed by atoms with van der Waals surface area (Å²) >= 11 is 5.46. The van der Waals surface area contributed by atoms with Gasteiger partial charge in [-0.2, -0.15) is 0 Å². The lowest BCUT2D eigenvalue weighted by Crippen LogP contribution is -2.11. The highest BCUT2D eigenvalue weighted by molar-refractivity contribution is 7.90. The summed E-state index contributed by atoms with van der Waals surface area (Å²) < 4.78 is 28.2. The molecule has 0 aliphatic rings. The minimum absolute atomic E-state index is 0.215. The van der Waals surface area contributed by atoms with Crippen LogP contribution in [0.25, 0.3) is 0 Å². The fourth-order valence-electron chi connectivity index (χ4n) is 1.36. The summed E-state index contributed by atoms with van der Waals surface area (Å²) in [5.41, 5.74) is 0. The third kappa shape index (κ3) is 5.20. The number of anilines is 1. The smallest absolute Gasteiger partial charge is 0.179 e. The van der Waals surface area contributed by atoms with Crippen LogP contribution in [0.15, 0.2) is 23.2 Å². The second-order valence-corrected chi connectivity index (χ2v) is 6.07. The molecule has 7 heteroatoms. The summed E-state index contributed by atoms with van der Waals surface area (Å²) in [5, 5.41) is 2.99. The lowest BCUT2D eigenvalue weighted by Gasteiger charge is -2.09. The van der Waals surface area contributed by atoms with Crippen molar-refractivity contribution in [2.75, 3.05) is 37.2 Å². The van der Waals surface area contributed by atoms with Crippen molar-refractivity contribution in [3.63, 3.8) is 0 Å². The molecule has 0 saturated heterocycles. The predicted octanol–water partition coefficient (Wildman–Crippen LogP) is 1.54. The van der Waals surface area contributed by atoms with Crippen molar-refractivity contribution in [3.8, 4) is 0 Å². The van der Waals surface area contributed by atoms with E-state index >= 15 is 0 Å². The molecule has 0 fully saturated rings. The maximum atomic E-state index is 11.5. The fraction of sp³-hybridized carbons (Fsp3) is 0.545. The zero-order valence-electron chi connectivity index (χ0n) is 10.2. The highest BCUT2D eigenvalue weighted by Crippen LogP contribution is 2.17. The van der Waals surface area contributed by atoms with Crippen LogP contribution in [0.2, 0.25) is 0 Å². The molecule has 0 unspecified atom stereocenters. The number of nitrogens with one attached hydrogen (secondary N) is 1. The van der Waals surface area contributed by atoms with Gasteiger partial charge in [-0.3, -0.25) is 0 Å². The summed E-state index contributed by atoms with van der Waals surface area (Å²) in [5.74, 6) is 0.865. The Kier molecular flexibility index (Phi) is 6.38. The number of hydrogen-bond acceptors (Lipinski definition) is 5. The Balaban J connectivity index is 2.48. The molecule has 0 amide bonds. The molecule has 1 rings (SSSR count). The Labute approximate surface area is 112 Å².